The van der Waals surface area contributed by atoms with Crippen LogP contribution >= 0.6 is 0 Å². The molecule has 2 aromatic carbocycles. The number of rotatable bonds is 5. The predicted octanol–water partition coefficient (Wildman–Crippen LogP) is 3.12. The molecular formula is C22H22O8. The van der Waals surface area contributed by atoms with Gasteiger partial charge in [-0.2, -0.15) is 0 Å². The van der Waals surface area contributed by atoms with Crippen molar-refractivity contribution in [2.75, 3.05) is 28.4 Å². The second-order valence-electron chi connectivity index (χ2n) is 6.39. The molecule has 0 radical (unpaired) electrons. The average Bonchev–Trinajstić information content (AvgIpc) is 2.76. The minimum absolute atomic E-state index is 0.0148. The summed E-state index contributed by atoms with van der Waals surface area (Å²) in [6.07, 6.45) is 0. The summed E-state index contributed by atoms with van der Waals surface area (Å²) in [6.45, 7) is 3.49. The van der Waals surface area contributed by atoms with Gasteiger partial charge < -0.3 is 18.9 Å². The maximum atomic E-state index is 12.3. The molecule has 0 aliphatic rings. The zero-order chi connectivity index (χ0) is 22.6. The van der Waals surface area contributed by atoms with Gasteiger partial charge in [-0.3, -0.25) is 0 Å². The Morgan fingerprint density at radius 2 is 0.733 bits per heavy atom. The van der Waals surface area contributed by atoms with Crippen LogP contribution in [0.3, 0.4) is 0 Å². The highest BCUT2D eigenvalue weighted by Gasteiger charge is 2.24. The van der Waals surface area contributed by atoms with Gasteiger partial charge in [-0.25, -0.2) is 19.2 Å². The summed E-state index contributed by atoms with van der Waals surface area (Å²) in [7, 11) is 4.83. The lowest BCUT2D eigenvalue weighted by Gasteiger charge is -2.16. The van der Waals surface area contributed by atoms with Gasteiger partial charge in [0.15, 0.2) is 0 Å². The van der Waals surface area contributed by atoms with Gasteiger partial charge >= 0.3 is 23.9 Å². The molecule has 30 heavy (non-hydrogen) atoms. The SMILES string of the molecule is COC(=O)c1cc(C)c(-c2cc(C(=O)OC)c(C(=O)OC)cc2C)cc1C(=O)OC. The van der Waals surface area contributed by atoms with E-state index in [1.165, 1.54) is 52.7 Å². The molecule has 8 nitrogen and oxygen atoms in total. The van der Waals surface area contributed by atoms with Crippen LogP contribution in [0.4, 0.5) is 0 Å². The van der Waals surface area contributed by atoms with Crippen molar-refractivity contribution < 1.29 is 38.1 Å². The lowest BCUT2D eigenvalue weighted by atomic mass is 9.89. The van der Waals surface area contributed by atoms with Crippen LogP contribution in [-0.2, 0) is 18.9 Å². The molecule has 0 amide bonds. The van der Waals surface area contributed by atoms with Gasteiger partial charge in [0.1, 0.15) is 0 Å². The van der Waals surface area contributed by atoms with E-state index in [4.69, 9.17) is 18.9 Å². The van der Waals surface area contributed by atoms with Crippen molar-refractivity contribution in [3.05, 3.63) is 57.6 Å². The number of ether oxygens (including phenoxy) is 4. The number of carbonyl (C=O) groups is 4. The molecule has 0 unspecified atom stereocenters. The summed E-state index contributed by atoms with van der Waals surface area (Å²) in [6, 6.07) is 6.01. The summed E-state index contributed by atoms with van der Waals surface area (Å²) < 4.78 is 19.1. The minimum atomic E-state index is -0.714. The Hall–Kier alpha value is -3.68. The Kier molecular flexibility index (Phi) is 6.94. The molecule has 0 saturated heterocycles. The van der Waals surface area contributed by atoms with Crippen molar-refractivity contribution in [3.63, 3.8) is 0 Å². The van der Waals surface area contributed by atoms with Crippen molar-refractivity contribution in [2.45, 2.75) is 13.8 Å². The lowest BCUT2D eigenvalue weighted by molar-refractivity contribution is 0.0555. The van der Waals surface area contributed by atoms with Crippen molar-refractivity contribution in [1.29, 1.82) is 0 Å². The van der Waals surface area contributed by atoms with E-state index in [2.05, 4.69) is 0 Å². The standard InChI is InChI=1S/C22H22O8/c1-11-7-15(19(23)27-3)17(21(25)29-5)9-13(11)14-10-18(22(26)30-6)16(8-12(14)2)20(24)28-4/h7-10H,1-6H3. The number of aryl methyl sites for hydroxylation is 2. The third-order valence-corrected chi connectivity index (χ3v) is 4.64. The largest absolute Gasteiger partial charge is 0.465 e. The van der Waals surface area contributed by atoms with Crippen molar-refractivity contribution in [3.8, 4) is 11.1 Å². The molecule has 0 N–H and O–H groups in total. The van der Waals surface area contributed by atoms with Crippen molar-refractivity contribution >= 4 is 23.9 Å². The van der Waals surface area contributed by atoms with Crippen LogP contribution < -0.4 is 0 Å². The number of hydrogen-bond acceptors (Lipinski definition) is 8. The number of methoxy groups -OCH3 is 4. The third-order valence-electron chi connectivity index (χ3n) is 4.64. The smallest absolute Gasteiger partial charge is 0.338 e. The summed E-state index contributed by atoms with van der Waals surface area (Å²) >= 11 is 0. The lowest BCUT2D eigenvalue weighted by Crippen LogP contribution is -2.14. The highest BCUT2D eigenvalue weighted by Crippen LogP contribution is 2.32. The minimum Gasteiger partial charge on any atom is -0.465 e. The second kappa shape index (κ2) is 9.21. The molecule has 0 aliphatic heterocycles. The molecule has 0 atom stereocenters. The Morgan fingerprint density at radius 3 is 0.967 bits per heavy atom. The second-order valence-corrected chi connectivity index (χ2v) is 6.39. The van der Waals surface area contributed by atoms with Gasteiger partial charge in [-0.1, -0.05) is 0 Å². The van der Waals surface area contributed by atoms with Crippen LogP contribution in [0.5, 0.6) is 0 Å². The van der Waals surface area contributed by atoms with Gasteiger partial charge in [-0.05, 0) is 60.4 Å². The molecular weight excluding hydrogens is 392 g/mol. The molecule has 0 bridgehead atoms. The molecule has 2 aromatic rings. The number of carbonyl (C=O) groups excluding carboxylic acids is 4. The first-order valence-corrected chi connectivity index (χ1v) is 8.83. The maximum absolute atomic E-state index is 12.3. The van der Waals surface area contributed by atoms with Crippen LogP contribution in [0.25, 0.3) is 11.1 Å². The van der Waals surface area contributed by atoms with Crippen LogP contribution in [-0.4, -0.2) is 52.3 Å². The molecule has 0 fully saturated rings. The van der Waals surface area contributed by atoms with Gasteiger partial charge in [0.05, 0.1) is 50.7 Å². The van der Waals surface area contributed by atoms with E-state index >= 15 is 0 Å². The number of esters is 4. The maximum Gasteiger partial charge on any atom is 0.338 e. The third kappa shape index (κ3) is 4.17. The van der Waals surface area contributed by atoms with Crippen molar-refractivity contribution in [2.24, 2.45) is 0 Å². The van der Waals surface area contributed by atoms with E-state index in [0.717, 1.165) is 0 Å². The monoisotopic (exact) mass is 414 g/mol. The Labute approximate surface area is 173 Å². The van der Waals surface area contributed by atoms with Crippen LogP contribution in [0.2, 0.25) is 0 Å². The summed E-state index contributed by atoms with van der Waals surface area (Å²) in [5.74, 6) is -2.79. The van der Waals surface area contributed by atoms with E-state index in [9.17, 15) is 19.2 Å². The fourth-order valence-corrected chi connectivity index (χ4v) is 3.11. The first-order valence-electron chi connectivity index (χ1n) is 8.83. The molecule has 158 valence electrons. The first kappa shape index (κ1) is 22.6. The fourth-order valence-electron chi connectivity index (χ4n) is 3.11. The zero-order valence-electron chi connectivity index (χ0n) is 17.6. The molecule has 0 heterocycles. The number of hydrogen-bond donors (Lipinski definition) is 0. The van der Waals surface area contributed by atoms with E-state index in [0.29, 0.717) is 22.3 Å². The van der Waals surface area contributed by atoms with Crippen LogP contribution in [0.15, 0.2) is 24.3 Å². The van der Waals surface area contributed by atoms with E-state index in [-0.39, 0.29) is 22.3 Å². The fraction of sp³-hybridized carbons (Fsp3) is 0.273. The van der Waals surface area contributed by atoms with Gasteiger partial charge in [-0.15, -0.1) is 0 Å². The molecule has 0 aromatic heterocycles. The molecule has 8 heteroatoms. The highest BCUT2D eigenvalue weighted by atomic mass is 16.5. The highest BCUT2D eigenvalue weighted by molar-refractivity contribution is 6.06. The molecule has 0 aliphatic carbocycles. The summed E-state index contributed by atoms with van der Waals surface area (Å²) in [5, 5.41) is 0. The zero-order valence-corrected chi connectivity index (χ0v) is 17.6. The predicted molar refractivity (Wildman–Crippen MR) is 107 cm³/mol. The van der Waals surface area contributed by atoms with Gasteiger partial charge in [0.25, 0.3) is 0 Å². The normalized spacial score (nSPS) is 10.2. The summed E-state index contributed by atoms with van der Waals surface area (Å²) in [4.78, 5) is 48.8. The molecule has 0 spiro atoms. The quantitative estimate of drug-likeness (QED) is 0.543. The van der Waals surface area contributed by atoms with Crippen molar-refractivity contribution in [1.82, 2.24) is 0 Å². The van der Waals surface area contributed by atoms with E-state index in [1.54, 1.807) is 13.8 Å². The molecule has 0 saturated carbocycles. The Bertz CT molecular complexity index is 952. The van der Waals surface area contributed by atoms with Crippen LogP contribution in [0, 0.1) is 13.8 Å². The Morgan fingerprint density at radius 1 is 0.500 bits per heavy atom. The Balaban J connectivity index is 2.83. The van der Waals surface area contributed by atoms with E-state index < -0.39 is 23.9 Å². The molecule has 2 rings (SSSR count). The van der Waals surface area contributed by atoms with Gasteiger partial charge in [0, 0.05) is 0 Å². The first-order chi connectivity index (χ1) is 14.2. The van der Waals surface area contributed by atoms with Gasteiger partial charge in [0.2, 0.25) is 0 Å². The number of benzene rings is 2. The summed E-state index contributed by atoms with van der Waals surface area (Å²) in [5.41, 5.74) is 2.58. The topological polar surface area (TPSA) is 105 Å². The average molecular weight is 414 g/mol. The van der Waals surface area contributed by atoms with E-state index in [1.807, 2.05) is 0 Å². The van der Waals surface area contributed by atoms with Crippen LogP contribution in [0.1, 0.15) is 52.6 Å².